The van der Waals surface area contributed by atoms with E-state index in [9.17, 15) is 0 Å². The van der Waals surface area contributed by atoms with Crippen LogP contribution in [0.4, 0.5) is 5.82 Å². The van der Waals surface area contributed by atoms with Crippen LogP contribution in [0.15, 0.2) is 12.4 Å². The molecule has 0 saturated carbocycles. The van der Waals surface area contributed by atoms with Crippen molar-refractivity contribution in [2.75, 3.05) is 18.8 Å². The SMILES string of the molecule is Nc1nccn2c(C3CCNCC3)nc(I)c12. The molecule has 0 aliphatic carbocycles. The number of nitrogens with zero attached hydrogens (tertiary/aromatic N) is 3. The fraction of sp³-hybridized carbons (Fsp3) is 0.455. The first kappa shape index (κ1) is 11.2. The van der Waals surface area contributed by atoms with E-state index < -0.39 is 0 Å². The molecule has 1 aliphatic rings. The fourth-order valence-corrected chi connectivity index (χ4v) is 3.19. The number of imidazole rings is 1. The average Bonchev–Trinajstić information content (AvgIpc) is 2.69. The molecule has 0 aromatic carbocycles. The molecule has 0 radical (unpaired) electrons. The van der Waals surface area contributed by atoms with Gasteiger partial charge in [-0.25, -0.2) is 9.97 Å². The second-order valence-electron chi connectivity index (χ2n) is 4.32. The van der Waals surface area contributed by atoms with E-state index in [1.807, 2.05) is 6.20 Å². The Kier molecular flexibility index (Phi) is 2.91. The van der Waals surface area contributed by atoms with Gasteiger partial charge in [0.05, 0.1) is 0 Å². The van der Waals surface area contributed by atoms with Crippen molar-refractivity contribution in [2.45, 2.75) is 18.8 Å². The summed E-state index contributed by atoms with van der Waals surface area (Å²) < 4.78 is 3.04. The van der Waals surface area contributed by atoms with Crippen LogP contribution in [0.5, 0.6) is 0 Å². The molecule has 3 N–H and O–H groups in total. The summed E-state index contributed by atoms with van der Waals surface area (Å²) in [6.45, 7) is 2.13. The number of anilines is 1. The predicted octanol–water partition coefficient (Wildman–Crippen LogP) is 1.38. The van der Waals surface area contributed by atoms with Gasteiger partial charge in [0.1, 0.15) is 15.0 Å². The Labute approximate surface area is 113 Å². The smallest absolute Gasteiger partial charge is 0.150 e. The molecule has 6 heteroatoms. The molecule has 1 saturated heterocycles. The summed E-state index contributed by atoms with van der Waals surface area (Å²) in [4.78, 5) is 8.80. The lowest BCUT2D eigenvalue weighted by Crippen LogP contribution is -2.27. The zero-order chi connectivity index (χ0) is 11.8. The number of rotatable bonds is 1. The lowest BCUT2D eigenvalue weighted by molar-refractivity contribution is 0.444. The van der Waals surface area contributed by atoms with Gasteiger partial charge in [-0.3, -0.25) is 4.40 Å². The van der Waals surface area contributed by atoms with E-state index >= 15 is 0 Å². The van der Waals surface area contributed by atoms with Gasteiger partial charge < -0.3 is 11.1 Å². The first-order valence-electron chi connectivity index (χ1n) is 5.76. The zero-order valence-corrected chi connectivity index (χ0v) is 11.5. The summed E-state index contributed by atoms with van der Waals surface area (Å²) in [5, 5.41) is 3.37. The van der Waals surface area contributed by atoms with E-state index in [0.29, 0.717) is 11.7 Å². The minimum atomic E-state index is 0.522. The van der Waals surface area contributed by atoms with Crippen LogP contribution in [0, 0.1) is 3.70 Å². The Morgan fingerprint density at radius 1 is 1.41 bits per heavy atom. The average molecular weight is 343 g/mol. The van der Waals surface area contributed by atoms with Gasteiger partial charge in [-0.05, 0) is 48.5 Å². The Hall–Kier alpha value is -0.890. The maximum Gasteiger partial charge on any atom is 0.150 e. The lowest BCUT2D eigenvalue weighted by atomic mass is 9.97. The van der Waals surface area contributed by atoms with Crippen LogP contribution < -0.4 is 11.1 Å². The van der Waals surface area contributed by atoms with Gasteiger partial charge in [-0.1, -0.05) is 0 Å². The molecule has 0 bridgehead atoms. The Morgan fingerprint density at radius 3 is 2.94 bits per heavy atom. The number of nitrogens with one attached hydrogen (secondary N) is 1. The molecule has 2 aromatic heterocycles. The van der Waals surface area contributed by atoms with E-state index in [1.54, 1.807) is 6.20 Å². The monoisotopic (exact) mass is 343 g/mol. The van der Waals surface area contributed by atoms with Crippen molar-refractivity contribution >= 4 is 33.9 Å². The molecule has 5 nitrogen and oxygen atoms in total. The van der Waals surface area contributed by atoms with Gasteiger partial charge >= 0.3 is 0 Å². The zero-order valence-electron chi connectivity index (χ0n) is 9.36. The van der Waals surface area contributed by atoms with E-state index in [0.717, 1.165) is 41.0 Å². The summed E-state index contributed by atoms with van der Waals surface area (Å²) in [7, 11) is 0. The molecule has 3 heterocycles. The second kappa shape index (κ2) is 4.41. The highest BCUT2D eigenvalue weighted by Gasteiger charge is 2.22. The van der Waals surface area contributed by atoms with Crippen LogP contribution in [0.3, 0.4) is 0 Å². The molecule has 0 unspecified atom stereocenters. The van der Waals surface area contributed by atoms with Crippen LogP contribution in [0.2, 0.25) is 0 Å². The topological polar surface area (TPSA) is 68.2 Å². The number of piperidine rings is 1. The third-order valence-corrected chi connectivity index (χ3v) is 4.02. The van der Waals surface area contributed by atoms with E-state index in [4.69, 9.17) is 5.73 Å². The molecule has 17 heavy (non-hydrogen) atoms. The van der Waals surface area contributed by atoms with Crippen LogP contribution in [0.1, 0.15) is 24.6 Å². The van der Waals surface area contributed by atoms with Gasteiger partial charge in [0.25, 0.3) is 0 Å². The van der Waals surface area contributed by atoms with Crippen LogP contribution in [0.25, 0.3) is 5.52 Å². The van der Waals surface area contributed by atoms with Crippen LogP contribution >= 0.6 is 22.6 Å². The molecule has 2 aromatic rings. The number of halogens is 1. The van der Waals surface area contributed by atoms with Gasteiger partial charge in [0.2, 0.25) is 0 Å². The molecular formula is C11H14IN5. The molecule has 3 rings (SSSR count). The molecule has 0 atom stereocenters. The molecule has 1 aliphatic heterocycles. The molecular weight excluding hydrogens is 329 g/mol. The van der Waals surface area contributed by atoms with Crippen molar-refractivity contribution in [3.63, 3.8) is 0 Å². The third kappa shape index (κ3) is 1.89. The Balaban J connectivity index is 2.13. The predicted molar refractivity (Wildman–Crippen MR) is 75.0 cm³/mol. The van der Waals surface area contributed by atoms with Gasteiger partial charge in [0, 0.05) is 18.3 Å². The summed E-state index contributed by atoms with van der Waals surface area (Å²) in [6.07, 6.45) is 5.97. The summed E-state index contributed by atoms with van der Waals surface area (Å²) in [5.41, 5.74) is 6.86. The fourth-order valence-electron chi connectivity index (χ4n) is 2.41. The first-order chi connectivity index (χ1) is 8.27. The Morgan fingerprint density at radius 2 is 2.18 bits per heavy atom. The summed E-state index contributed by atoms with van der Waals surface area (Å²) >= 11 is 2.23. The highest BCUT2D eigenvalue weighted by molar-refractivity contribution is 14.1. The third-order valence-electron chi connectivity index (χ3n) is 3.27. The maximum absolute atomic E-state index is 5.91. The largest absolute Gasteiger partial charge is 0.382 e. The quantitative estimate of drug-likeness (QED) is 0.768. The van der Waals surface area contributed by atoms with Crippen molar-refractivity contribution in [1.82, 2.24) is 19.7 Å². The second-order valence-corrected chi connectivity index (χ2v) is 5.34. The molecule has 1 fully saturated rings. The van der Waals surface area contributed by atoms with Gasteiger partial charge in [-0.15, -0.1) is 0 Å². The number of fused-ring (bicyclic) bond motifs is 1. The minimum absolute atomic E-state index is 0.522. The highest BCUT2D eigenvalue weighted by atomic mass is 127. The van der Waals surface area contributed by atoms with E-state index in [-0.39, 0.29) is 0 Å². The Bertz CT molecular complexity index is 544. The molecule has 0 spiro atoms. The van der Waals surface area contributed by atoms with Crippen LogP contribution in [-0.4, -0.2) is 27.5 Å². The number of aromatic nitrogens is 3. The number of hydrogen-bond donors (Lipinski definition) is 2. The summed E-state index contributed by atoms with van der Waals surface area (Å²) in [5.74, 6) is 2.21. The normalized spacial score (nSPS) is 17.7. The standard InChI is InChI=1S/C11H14IN5/c12-9-8-10(13)15-5-6-17(8)11(16-9)7-1-3-14-4-2-7/h5-7,14H,1-4H2,(H2,13,15). The van der Waals surface area contributed by atoms with Crippen molar-refractivity contribution < 1.29 is 0 Å². The van der Waals surface area contributed by atoms with E-state index in [1.165, 1.54) is 0 Å². The lowest BCUT2D eigenvalue weighted by Gasteiger charge is -2.21. The molecule has 90 valence electrons. The summed E-state index contributed by atoms with van der Waals surface area (Å²) in [6, 6.07) is 0. The van der Waals surface area contributed by atoms with Crippen molar-refractivity contribution in [3.8, 4) is 0 Å². The van der Waals surface area contributed by atoms with Crippen molar-refractivity contribution in [2.24, 2.45) is 0 Å². The minimum Gasteiger partial charge on any atom is -0.382 e. The van der Waals surface area contributed by atoms with Crippen molar-refractivity contribution in [3.05, 3.63) is 21.9 Å². The number of hydrogen-bond acceptors (Lipinski definition) is 4. The first-order valence-corrected chi connectivity index (χ1v) is 6.84. The highest BCUT2D eigenvalue weighted by Crippen LogP contribution is 2.28. The van der Waals surface area contributed by atoms with Crippen molar-refractivity contribution in [1.29, 1.82) is 0 Å². The van der Waals surface area contributed by atoms with E-state index in [2.05, 4.69) is 42.3 Å². The number of nitrogen functional groups attached to an aromatic ring is 1. The van der Waals surface area contributed by atoms with Gasteiger partial charge in [0.15, 0.2) is 5.82 Å². The van der Waals surface area contributed by atoms with Gasteiger partial charge in [-0.2, -0.15) is 0 Å². The van der Waals surface area contributed by atoms with Crippen LogP contribution in [-0.2, 0) is 0 Å². The number of nitrogens with two attached hydrogens (primary N) is 1. The maximum atomic E-state index is 5.91. The molecule has 0 amide bonds.